The second-order valence-corrected chi connectivity index (χ2v) is 6.95. The minimum atomic E-state index is -1.45. The van der Waals surface area contributed by atoms with Gasteiger partial charge in [0, 0.05) is 5.56 Å². The summed E-state index contributed by atoms with van der Waals surface area (Å²) >= 11 is 0. The lowest BCUT2D eigenvalue weighted by atomic mass is 10.0. The predicted molar refractivity (Wildman–Crippen MR) is 120 cm³/mol. The number of benzene rings is 3. The van der Waals surface area contributed by atoms with Gasteiger partial charge in [-0.05, 0) is 55.0 Å². The highest BCUT2D eigenvalue weighted by Crippen LogP contribution is 2.36. The van der Waals surface area contributed by atoms with Crippen molar-refractivity contribution in [2.24, 2.45) is 10.2 Å². The van der Waals surface area contributed by atoms with Crippen molar-refractivity contribution in [2.45, 2.75) is 6.92 Å². The smallest absolute Gasteiger partial charge is 0.505 e. The van der Waals surface area contributed by atoms with Gasteiger partial charge in [-0.2, -0.15) is 15.2 Å². The SMILES string of the molecule is CC1=NN(c2ccc(F)cc2)C(=O)C1=NNc1cccc(-c2cccc(OC(=O)O)c2)c1O. The van der Waals surface area contributed by atoms with Crippen molar-refractivity contribution in [3.63, 3.8) is 0 Å². The first-order valence-corrected chi connectivity index (χ1v) is 9.66. The molecule has 4 rings (SSSR count). The zero-order valence-electron chi connectivity index (χ0n) is 17.2. The number of nitrogens with one attached hydrogen (secondary N) is 1. The molecule has 1 aliphatic rings. The number of phenolic OH excluding ortho intramolecular Hbond substituents is 1. The number of carbonyl (C=O) groups is 2. The van der Waals surface area contributed by atoms with Crippen molar-refractivity contribution in [2.75, 3.05) is 10.4 Å². The Morgan fingerprint density at radius 3 is 2.58 bits per heavy atom. The Hall–Kier alpha value is -4.73. The maximum atomic E-state index is 13.2. The van der Waals surface area contributed by atoms with Crippen LogP contribution in [0.4, 0.5) is 20.6 Å². The van der Waals surface area contributed by atoms with Gasteiger partial charge in [0.2, 0.25) is 0 Å². The van der Waals surface area contributed by atoms with Crippen LogP contribution in [0.5, 0.6) is 11.5 Å². The molecule has 0 atom stereocenters. The average Bonchev–Trinajstić information content (AvgIpc) is 3.06. The van der Waals surface area contributed by atoms with E-state index in [1.165, 1.54) is 36.4 Å². The van der Waals surface area contributed by atoms with Crippen LogP contribution in [0.2, 0.25) is 0 Å². The van der Waals surface area contributed by atoms with Gasteiger partial charge in [-0.3, -0.25) is 10.2 Å². The van der Waals surface area contributed by atoms with Crippen LogP contribution in [0.3, 0.4) is 0 Å². The number of halogens is 1. The first kappa shape index (κ1) is 21.5. The van der Waals surface area contributed by atoms with E-state index in [4.69, 9.17) is 5.11 Å². The Balaban J connectivity index is 1.58. The van der Waals surface area contributed by atoms with Gasteiger partial charge in [-0.25, -0.2) is 9.18 Å². The zero-order chi connectivity index (χ0) is 23.5. The fourth-order valence-electron chi connectivity index (χ4n) is 3.19. The molecule has 0 aliphatic carbocycles. The molecule has 0 spiro atoms. The number of carbonyl (C=O) groups excluding carboxylic acids is 1. The van der Waals surface area contributed by atoms with E-state index in [2.05, 4.69) is 20.4 Å². The topological polar surface area (TPSA) is 124 Å². The Kier molecular flexibility index (Phi) is 5.73. The lowest BCUT2D eigenvalue weighted by molar-refractivity contribution is -0.112. The van der Waals surface area contributed by atoms with Gasteiger partial charge in [0.1, 0.15) is 17.3 Å². The Morgan fingerprint density at radius 1 is 1.12 bits per heavy atom. The fourth-order valence-corrected chi connectivity index (χ4v) is 3.19. The van der Waals surface area contributed by atoms with Crippen molar-refractivity contribution < 1.29 is 28.9 Å². The fraction of sp³-hybridized carbons (Fsp3) is 0.0435. The summed E-state index contributed by atoms with van der Waals surface area (Å²) in [6.07, 6.45) is -1.45. The van der Waals surface area contributed by atoms with E-state index in [1.807, 2.05) is 0 Å². The van der Waals surface area contributed by atoms with Gasteiger partial charge in [0.05, 0.1) is 17.1 Å². The first-order valence-electron chi connectivity index (χ1n) is 9.66. The van der Waals surface area contributed by atoms with Crippen molar-refractivity contribution in [3.05, 3.63) is 72.5 Å². The summed E-state index contributed by atoms with van der Waals surface area (Å²) in [5.41, 5.74) is 4.56. The first-order chi connectivity index (χ1) is 15.8. The zero-order valence-corrected chi connectivity index (χ0v) is 17.2. The van der Waals surface area contributed by atoms with Crippen LogP contribution in [-0.4, -0.2) is 33.7 Å². The van der Waals surface area contributed by atoms with Gasteiger partial charge in [0.15, 0.2) is 5.71 Å². The number of aromatic hydroxyl groups is 1. The Bertz CT molecular complexity index is 1300. The summed E-state index contributed by atoms with van der Waals surface area (Å²) in [6, 6.07) is 16.4. The highest BCUT2D eigenvalue weighted by Gasteiger charge is 2.30. The molecule has 0 unspecified atom stereocenters. The number of para-hydroxylation sites is 1. The maximum Gasteiger partial charge on any atom is 0.511 e. The molecule has 9 nitrogen and oxygen atoms in total. The van der Waals surface area contributed by atoms with Crippen LogP contribution in [0.25, 0.3) is 11.1 Å². The molecule has 0 saturated carbocycles. The second kappa shape index (κ2) is 8.79. The third-order valence-electron chi connectivity index (χ3n) is 4.73. The Morgan fingerprint density at radius 2 is 1.85 bits per heavy atom. The molecular formula is C23H17FN4O5. The van der Waals surface area contributed by atoms with Gasteiger partial charge in [0.25, 0.3) is 0 Å². The van der Waals surface area contributed by atoms with Gasteiger partial charge < -0.3 is 14.9 Å². The van der Waals surface area contributed by atoms with E-state index < -0.39 is 17.9 Å². The number of amides is 1. The largest absolute Gasteiger partial charge is 0.511 e. The number of phenols is 1. The lowest BCUT2D eigenvalue weighted by Crippen LogP contribution is -2.27. The number of hydrogen-bond donors (Lipinski definition) is 3. The molecule has 3 aromatic carbocycles. The second-order valence-electron chi connectivity index (χ2n) is 6.95. The molecular weight excluding hydrogens is 431 g/mol. The minimum Gasteiger partial charge on any atom is -0.505 e. The van der Waals surface area contributed by atoms with Crippen LogP contribution in [0.15, 0.2) is 76.9 Å². The number of carboxylic acid groups (broad SMARTS) is 1. The maximum absolute atomic E-state index is 13.2. The van der Waals surface area contributed by atoms with E-state index >= 15 is 0 Å². The van der Waals surface area contributed by atoms with Crippen molar-refractivity contribution in [3.8, 4) is 22.6 Å². The molecule has 3 aromatic rings. The molecule has 166 valence electrons. The highest BCUT2D eigenvalue weighted by molar-refractivity contribution is 6.71. The minimum absolute atomic E-state index is 0.0287. The number of hydrazone groups is 2. The number of nitrogens with zero attached hydrogens (tertiary/aromatic N) is 3. The quantitative estimate of drug-likeness (QED) is 0.229. The van der Waals surface area contributed by atoms with E-state index in [0.29, 0.717) is 22.5 Å². The molecule has 0 fully saturated rings. The Labute approximate surface area is 187 Å². The molecule has 0 saturated heterocycles. The standard InChI is InChI=1S/C23H17FN4O5/c1-13-20(22(30)28(27-13)16-10-8-15(24)9-11-16)26-25-19-7-3-6-18(21(19)29)14-4-2-5-17(12-14)33-23(31)32/h2-12,25,29H,1H3,(H,31,32). The number of ether oxygens (including phenoxy) is 1. The monoisotopic (exact) mass is 448 g/mol. The van der Waals surface area contributed by atoms with E-state index in [1.54, 1.807) is 37.3 Å². The molecule has 0 bridgehead atoms. The predicted octanol–water partition coefficient (Wildman–Crippen LogP) is 4.45. The summed E-state index contributed by atoms with van der Waals surface area (Å²) in [5, 5.41) is 28.9. The van der Waals surface area contributed by atoms with Crippen molar-refractivity contribution >= 4 is 34.9 Å². The molecule has 1 heterocycles. The highest BCUT2D eigenvalue weighted by atomic mass is 19.1. The van der Waals surface area contributed by atoms with Crippen molar-refractivity contribution in [1.82, 2.24) is 0 Å². The van der Waals surface area contributed by atoms with Crippen LogP contribution in [0.1, 0.15) is 6.92 Å². The van der Waals surface area contributed by atoms with E-state index in [0.717, 1.165) is 5.01 Å². The summed E-state index contributed by atoms with van der Waals surface area (Å²) in [6.45, 7) is 1.60. The molecule has 0 aromatic heterocycles. The van der Waals surface area contributed by atoms with Gasteiger partial charge in [-0.1, -0.05) is 24.3 Å². The molecule has 33 heavy (non-hydrogen) atoms. The van der Waals surface area contributed by atoms with Gasteiger partial charge >= 0.3 is 12.1 Å². The number of anilines is 2. The van der Waals surface area contributed by atoms with Crippen LogP contribution < -0.4 is 15.2 Å². The third kappa shape index (κ3) is 4.49. The van der Waals surface area contributed by atoms with Gasteiger partial charge in [-0.15, -0.1) is 0 Å². The molecule has 1 aliphatic heterocycles. The molecule has 10 heteroatoms. The third-order valence-corrected chi connectivity index (χ3v) is 4.73. The number of hydrogen-bond acceptors (Lipinski definition) is 7. The van der Waals surface area contributed by atoms with Crippen molar-refractivity contribution in [1.29, 1.82) is 0 Å². The van der Waals surface area contributed by atoms with E-state index in [9.17, 15) is 19.1 Å². The summed E-state index contributed by atoms with van der Waals surface area (Å²) < 4.78 is 17.8. The molecule has 1 amide bonds. The van der Waals surface area contributed by atoms with Crippen LogP contribution in [0, 0.1) is 5.82 Å². The normalized spacial score (nSPS) is 14.4. The number of rotatable bonds is 5. The van der Waals surface area contributed by atoms with E-state index in [-0.39, 0.29) is 22.9 Å². The molecule has 3 N–H and O–H groups in total. The average molecular weight is 448 g/mol. The lowest BCUT2D eigenvalue weighted by Gasteiger charge is -2.12. The summed E-state index contributed by atoms with van der Waals surface area (Å²) in [4.78, 5) is 23.5. The van der Waals surface area contributed by atoms with Crippen LogP contribution >= 0.6 is 0 Å². The molecule has 0 radical (unpaired) electrons. The summed E-state index contributed by atoms with van der Waals surface area (Å²) in [5.74, 6) is -1.01. The summed E-state index contributed by atoms with van der Waals surface area (Å²) in [7, 11) is 0. The van der Waals surface area contributed by atoms with Crippen LogP contribution in [-0.2, 0) is 4.79 Å².